The van der Waals surface area contributed by atoms with Crippen molar-refractivity contribution < 1.29 is 5.11 Å². The van der Waals surface area contributed by atoms with Crippen molar-refractivity contribution >= 4 is 17.3 Å². The predicted octanol–water partition coefficient (Wildman–Crippen LogP) is 1.56. The fraction of sp³-hybridized carbons (Fsp3) is 0.600. The summed E-state index contributed by atoms with van der Waals surface area (Å²) < 4.78 is 0. The molecule has 112 valence electrons. The van der Waals surface area contributed by atoms with E-state index in [1.165, 1.54) is 5.69 Å². The van der Waals surface area contributed by atoms with E-state index in [-0.39, 0.29) is 6.61 Å². The van der Waals surface area contributed by atoms with E-state index in [9.17, 15) is 0 Å². The van der Waals surface area contributed by atoms with Crippen LogP contribution in [0.15, 0.2) is 18.2 Å². The maximum atomic E-state index is 9.03. The first-order chi connectivity index (χ1) is 9.74. The molecular formula is C15H24ClN3O. The lowest BCUT2D eigenvalue weighted by Crippen LogP contribution is -2.32. The molecule has 0 radical (unpaired) electrons. The molecule has 1 saturated heterocycles. The monoisotopic (exact) mass is 297 g/mol. The van der Waals surface area contributed by atoms with Crippen LogP contribution >= 0.6 is 11.6 Å². The molecule has 1 aliphatic heterocycles. The highest BCUT2D eigenvalue weighted by atomic mass is 35.5. The number of aliphatic hydroxyl groups is 1. The maximum Gasteiger partial charge on any atom is 0.0558 e. The van der Waals surface area contributed by atoms with E-state index in [1.54, 1.807) is 0 Å². The molecule has 0 atom stereocenters. The lowest BCUT2D eigenvalue weighted by atomic mass is 10.2. The van der Waals surface area contributed by atoms with Gasteiger partial charge in [0.05, 0.1) is 6.61 Å². The van der Waals surface area contributed by atoms with Crippen molar-refractivity contribution in [3.63, 3.8) is 0 Å². The van der Waals surface area contributed by atoms with Crippen LogP contribution in [0.25, 0.3) is 0 Å². The molecule has 0 bridgehead atoms. The summed E-state index contributed by atoms with van der Waals surface area (Å²) in [6, 6.07) is 6.32. The Morgan fingerprint density at radius 3 is 2.80 bits per heavy atom. The summed E-state index contributed by atoms with van der Waals surface area (Å²) in [5.74, 6) is 0. The average Bonchev–Trinajstić information content (AvgIpc) is 2.67. The first-order valence-corrected chi connectivity index (χ1v) is 7.63. The largest absolute Gasteiger partial charge is 0.395 e. The van der Waals surface area contributed by atoms with Crippen LogP contribution in [-0.4, -0.2) is 56.4 Å². The van der Waals surface area contributed by atoms with Crippen LogP contribution in [0, 0.1) is 0 Å². The average molecular weight is 298 g/mol. The molecule has 1 aromatic carbocycles. The Hall–Kier alpha value is -0.810. The summed E-state index contributed by atoms with van der Waals surface area (Å²) in [5.41, 5.74) is 2.33. The van der Waals surface area contributed by atoms with Crippen LogP contribution < -0.4 is 10.2 Å². The summed E-state index contributed by atoms with van der Waals surface area (Å²) in [6.07, 6.45) is 1.12. The molecule has 0 unspecified atom stereocenters. The lowest BCUT2D eigenvalue weighted by Gasteiger charge is -2.24. The summed E-state index contributed by atoms with van der Waals surface area (Å²) in [5, 5.41) is 13.0. The van der Waals surface area contributed by atoms with Gasteiger partial charge in [0.1, 0.15) is 0 Å². The summed E-state index contributed by atoms with van der Waals surface area (Å²) >= 11 is 6.34. The van der Waals surface area contributed by atoms with Gasteiger partial charge >= 0.3 is 0 Å². The van der Waals surface area contributed by atoms with Crippen molar-refractivity contribution in [3.05, 3.63) is 28.8 Å². The number of hydrogen-bond donors (Lipinski definition) is 2. The highest BCUT2D eigenvalue weighted by molar-refractivity contribution is 6.31. The van der Waals surface area contributed by atoms with E-state index in [1.807, 2.05) is 7.05 Å². The smallest absolute Gasteiger partial charge is 0.0558 e. The molecule has 0 saturated carbocycles. The van der Waals surface area contributed by atoms with Crippen LogP contribution in [0.4, 0.5) is 5.69 Å². The molecule has 0 spiro atoms. The van der Waals surface area contributed by atoms with Crippen molar-refractivity contribution in [1.29, 1.82) is 0 Å². The van der Waals surface area contributed by atoms with Gasteiger partial charge in [-0.1, -0.05) is 17.7 Å². The Morgan fingerprint density at radius 1 is 1.25 bits per heavy atom. The molecule has 20 heavy (non-hydrogen) atoms. The molecule has 2 rings (SSSR count). The van der Waals surface area contributed by atoms with Gasteiger partial charge in [0.25, 0.3) is 0 Å². The molecular weight excluding hydrogens is 274 g/mol. The minimum atomic E-state index is 0.241. The number of rotatable bonds is 5. The predicted molar refractivity (Wildman–Crippen MR) is 84.6 cm³/mol. The number of nitrogens with zero attached hydrogens (tertiary/aromatic N) is 2. The van der Waals surface area contributed by atoms with Crippen LogP contribution in [0.3, 0.4) is 0 Å². The maximum absolute atomic E-state index is 9.03. The fourth-order valence-electron chi connectivity index (χ4n) is 2.66. The zero-order valence-corrected chi connectivity index (χ0v) is 12.9. The second-order valence-corrected chi connectivity index (χ2v) is 5.62. The van der Waals surface area contributed by atoms with E-state index < -0.39 is 0 Å². The van der Waals surface area contributed by atoms with Crippen LogP contribution in [0.1, 0.15) is 12.0 Å². The number of β-amino-alcohol motifs (C(OH)–C–C–N with tert-alkyl or cyclic N) is 1. The van der Waals surface area contributed by atoms with Gasteiger partial charge in [0, 0.05) is 43.4 Å². The van der Waals surface area contributed by atoms with E-state index in [0.29, 0.717) is 0 Å². The molecule has 1 aliphatic rings. The first kappa shape index (κ1) is 15.6. The number of benzene rings is 1. The minimum absolute atomic E-state index is 0.241. The third-order valence-corrected chi connectivity index (χ3v) is 4.13. The van der Waals surface area contributed by atoms with E-state index in [4.69, 9.17) is 16.7 Å². The van der Waals surface area contributed by atoms with Crippen molar-refractivity contribution in [3.8, 4) is 0 Å². The Labute approximate surface area is 126 Å². The van der Waals surface area contributed by atoms with Crippen molar-refractivity contribution in [2.45, 2.75) is 13.0 Å². The van der Waals surface area contributed by atoms with E-state index in [0.717, 1.165) is 56.3 Å². The molecule has 2 N–H and O–H groups in total. The SMILES string of the molecule is CNCc1ccc(N2CCCN(CCO)CC2)cc1Cl. The number of nitrogens with one attached hydrogen (secondary N) is 1. The van der Waals surface area contributed by atoms with Crippen molar-refractivity contribution in [2.24, 2.45) is 0 Å². The van der Waals surface area contributed by atoms with Crippen molar-refractivity contribution in [2.75, 3.05) is 51.3 Å². The van der Waals surface area contributed by atoms with Crippen molar-refractivity contribution in [1.82, 2.24) is 10.2 Å². The van der Waals surface area contributed by atoms with Gasteiger partial charge in [-0.3, -0.25) is 4.90 Å². The third kappa shape index (κ3) is 4.09. The normalized spacial score (nSPS) is 17.2. The summed E-state index contributed by atoms with van der Waals surface area (Å²) in [4.78, 5) is 4.70. The van der Waals surface area contributed by atoms with Crippen LogP contribution in [0.2, 0.25) is 5.02 Å². The Bertz CT molecular complexity index is 428. The number of anilines is 1. The van der Waals surface area contributed by atoms with Crippen LogP contribution in [0.5, 0.6) is 0 Å². The molecule has 1 fully saturated rings. The summed E-state index contributed by atoms with van der Waals surface area (Å²) in [7, 11) is 1.93. The Morgan fingerprint density at radius 2 is 2.10 bits per heavy atom. The Kier molecular flexibility index (Phi) is 6.10. The zero-order valence-electron chi connectivity index (χ0n) is 12.1. The van der Waals surface area contributed by atoms with Gasteiger partial charge in [0.2, 0.25) is 0 Å². The molecule has 4 nitrogen and oxygen atoms in total. The summed E-state index contributed by atoms with van der Waals surface area (Å²) in [6.45, 7) is 5.90. The van der Waals surface area contributed by atoms with E-state index >= 15 is 0 Å². The molecule has 1 heterocycles. The molecule has 1 aromatic rings. The minimum Gasteiger partial charge on any atom is -0.395 e. The third-order valence-electron chi connectivity index (χ3n) is 3.77. The Balaban J connectivity index is 2.02. The van der Waals surface area contributed by atoms with E-state index in [2.05, 4.69) is 33.3 Å². The first-order valence-electron chi connectivity index (χ1n) is 7.26. The second-order valence-electron chi connectivity index (χ2n) is 5.21. The topological polar surface area (TPSA) is 38.7 Å². The molecule has 0 aromatic heterocycles. The fourth-order valence-corrected chi connectivity index (χ4v) is 2.90. The molecule has 0 aliphatic carbocycles. The number of halogens is 1. The van der Waals surface area contributed by atoms with Gasteiger partial charge in [-0.2, -0.15) is 0 Å². The molecule has 0 amide bonds. The standard InChI is InChI=1S/C15H24ClN3O/c1-17-12-13-3-4-14(11-15(13)16)19-6-2-5-18(7-8-19)9-10-20/h3-4,11,17,20H,2,5-10,12H2,1H3. The number of aliphatic hydroxyl groups excluding tert-OH is 1. The number of hydrogen-bond acceptors (Lipinski definition) is 4. The second kappa shape index (κ2) is 7.84. The highest BCUT2D eigenvalue weighted by Gasteiger charge is 2.15. The van der Waals surface area contributed by atoms with Gasteiger partial charge in [-0.25, -0.2) is 0 Å². The van der Waals surface area contributed by atoms with Gasteiger partial charge in [0.15, 0.2) is 0 Å². The zero-order chi connectivity index (χ0) is 14.4. The van der Waals surface area contributed by atoms with Gasteiger partial charge in [-0.05, 0) is 37.7 Å². The lowest BCUT2D eigenvalue weighted by molar-refractivity contribution is 0.204. The molecule has 5 heteroatoms. The van der Waals surface area contributed by atoms with Gasteiger partial charge in [-0.15, -0.1) is 0 Å². The van der Waals surface area contributed by atoms with Gasteiger partial charge < -0.3 is 15.3 Å². The van der Waals surface area contributed by atoms with Crippen LogP contribution in [-0.2, 0) is 6.54 Å². The highest BCUT2D eigenvalue weighted by Crippen LogP contribution is 2.24. The quantitative estimate of drug-likeness (QED) is 0.865.